The summed E-state index contributed by atoms with van der Waals surface area (Å²) in [6.45, 7) is 1.38. The van der Waals surface area contributed by atoms with Crippen LogP contribution < -0.4 is 5.32 Å². The highest BCUT2D eigenvalue weighted by Crippen LogP contribution is 2.25. The molecule has 1 amide bonds. The quantitative estimate of drug-likeness (QED) is 0.147. The number of carbonyl (C=O) groups is 3. The number of ether oxygens (including phenoxy) is 2. The van der Waals surface area contributed by atoms with Crippen molar-refractivity contribution in [3.8, 4) is 0 Å². The van der Waals surface area contributed by atoms with E-state index in [0.717, 1.165) is 16.7 Å². The smallest absolute Gasteiger partial charge is 0.329 e. The van der Waals surface area contributed by atoms with E-state index >= 15 is 0 Å². The van der Waals surface area contributed by atoms with Gasteiger partial charge in [-0.1, -0.05) is 54.6 Å². The van der Waals surface area contributed by atoms with Gasteiger partial charge in [0.1, 0.15) is 25.3 Å². The normalized spacial score (nSPS) is 16.0. The molecule has 1 aliphatic rings. The van der Waals surface area contributed by atoms with Crippen LogP contribution in [0.2, 0.25) is 0 Å². The highest BCUT2D eigenvalue weighted by Gasteiger charge is 2.38. The van der Waals surface area contributed by atoms with Gasteiger partial charge < -0.3 is 24.3 Å². The van der Waals surface area contributed by atoms with Crippen LogP contribution in [0, 0.1) is 10.1 Å². The largest absolute Gasteiger partial charge is 0.480 e. The van der Waals surface area contributed by atoms with Gasteiger partial charge in [0.2, 0.25) is 5.91 Å². The van der Waals surface area contributed by atoms with Gasteiger partial charge in [0.25, 0.3) is 5.09 Å². The van der Waals surface area contributed by atoms with Gasteiger partial charge in [0, 0.05) is 13.0 Å². The van der Waals surface area contributed by atoms with Crippen molar-refractivity contribution in [2.75, 3.05) is 26.4 Å². The molecule has 0 aromatic heterocycles. The second-order valence-electron chi connectivity index (χ2n) is 9.09. The Bertz CT molecular complexity index is 1130. The molecule has 0 radical (unpaired) electrons. The molecule has 3 atom stereocenters. The summed E-state index contributed by atoms with van der Waals surface area (Å²) in [4.78, 5) is 54.2. The molecule has 2 aromatic rings. The highest BCUT2D eigenvalue weighted by molar-refractivity contribution is 5.88. The first kappa shape index (κ1) is 29.5. The monoisotopic (exact) mass is 543 g/mol. The zero-order chi connectivity index (χ0) is 28.2. The number of nitrogens with one attached hydrogen (secondary N) is 1. The van der Waals surface area contributed by atoms with Crippen molar-refractivity contribution < 1.29 is 38.9 Å². The first-order chi connectivity index (χ1) is 18.8. The van der Waals surface area contributed by atoms with Crippen molar-refractivity contribution in [2.24, 2.45) is 0 Å². The first-order valence-corrected chi connectivity index (χ1v) is 12.7. The maximum atomic E-state index is 13.5. The van der Waals surface area contributed by atoms with Crippen LogP contribution in [0.5, 0.6) is 0 Å². The average Bonchev–Trinajstić information content (AvgIpc) is 2.93. The van der Waals surface area contributed by atoms with Crippen LogP contribution in [-0.2, 0) is 48.1 Å². The molecule has 0 aliphatic carbocycles. The predicted octanol–water partition coefficient (Wildman–Crippen LogP) is 1.77. The van der Waals surface area contributed by atoms with Crippen LogP contribution in [0.3, 0.4) is 0 Å². The zero-order valence-electron chi connectivity index (χ0n) is 21.7. The zero-order valence-corrected chi connectivity index (χ0v) is 21.7. The molecule has 0 bridgehead atoms. The fourth-order valence-corrected chi connectivity index (χ4v) is 4.39. The Labute approximate surface area is 225 Å². The van der Waals surface area contributed by atoms with E-state index in [9.17, 15) is 29.6 Å². The molecule has 2 aromatic carbocycles. The number of nitrogens with zero attached hydrogens (tertiary/aromatic N) is 2. The average molecular weight is 544 g/mol. The number of benzene rings is 2. The molecule has 1 heterocycles. The van der Waals surface area contributed by atoms with Crippen LogP contribution in [-0.4, -0.2) is 77.5 Å². The number of rotatable bonds is 15. The minimum atomic E-state index is -1.06. The first-order valence-electron chi connectivity index (χ1n) is 12.7. The van der Waals surface area contributed by atoms with E-state index in [1.807, 2.05) is 54.6 Å². The lowest BCUT2D eigenvalue weighted by Gasteiger charge is -2.37. The summed E-state index contributed by atoms with van der Waals surface area (Å²) in [6.07, 6.45) is 1.07. The Kier molecular flexibility index (Phi) is 11.2. The van der Waals surface area contributed by atoms with Gasteiger partial charge in [-0.15, -0.1) is 10.1 Å². The number of carboxylic acid groups (broad SMARTS) is 1. The molecule has 12 nitrogen and oxygen atoms in total. The third-order valence-electron chi connectivity index (χ3n) is 6.38. The summed E-state index contributed by atoms with van der Waals surface area (Å²) < 4.78 is 10.5. The molecule has 0 spiro atoms. The van der Waals surface area contributed by atoms with Crippen molar-refractivity contribution in [1.82, 2.24) is 10.2 Å². The number of aliphatic carboxylic acids is 1. The van der Waals surface area contributed by atoms with Gasteiger partial charge in [-0.05, 0) is 36.5 Å². The number of carboxylic acids is 1. The number of carbonyl (C=O) groups excluding carboxylic acids is 2. The van der Waals surface area contributed by atoms with Gasteiger partial charge in [-0.2, -0.15) is 0 Å². The van der Waals surface area contributed by atoms with Crippen LogP contribution >= 0.6 is 0 Å². The Morgan fingerprint density at radius 2 is 1.72 bits per heavy atom. The van der Waals surface area contributed by atoms with Crippen molar-refractivity contribution in [2.45, 2.75) is 50.9 Å². The van der Waals surface area contributed by atoms with Crippen molar-refractivity contribution in [3.63, 3.8) is 0 Å². The van der Waals surface area contributed by atoms with E-state index in [-0.39, 0.29) is 45.8 Å². The van der Waals surface area contributed by atoms with Crippen molar-refractivity contribution in [1.29, 1.82) is 0 Å². The number of esters is 1. The van der Waals surface area contributed by atoms with Gasteiger partial charge in [0.15, 0.2) is 0 Å². The van der Waals surface area contributed by atoms with Gasteiger partial charge >= 0.3 is 11.9 Å². The lowest BCUT2D eigenvalue weighted by Crippen LogP contribution is -2.56. The number of fused-ring (bicyclic) bond motifs is 1. The standard InChI is InChI=1S/C27H33N3O9/c1-19(28-23(26(32)33)12-11-20-7-3-2-4-8-20)25(31)29-18-22-10-6-5-9-21(22)17-24(29)27(34)38-15-13-37-14-16-39-30(35)36/h2-10,19,23-24,28H,11-18H2,1H3,(H,32,33). The molecule has 3 unspecified atom stereocenters. The lowest BCUT2D eigenvalue weighted by molar-refractivity contribution is -0.758. The van der Waals surface area contributed by atoms with E-state index < -0.39 is 41.1 Å². The Hall–Kier alpha value is -4.03. The van der Waals surface area contributed by atoms with Crippen molar-refractivity contribution >= 4 is 17.8 Å². The maximum absolute atomic E-state index is 13.5. The number of aryl methyl sites for hydroxylation is 1. The third-order valence-corrected chi connectivity index (χ3v) is 6.38. The van der Waals surface area contributed by atoms with Gasteiger partial charge in [-0.25, -0.2) is 4.79 Å². The molecule has 3 rings (SSSR count). The molecular formula is C27H33N3O9. The lowest BCUT2D eigenvalue weighted by atomic mass is 9.93. The molecule has 39 heavy (non-hydrogen) atoms. The second kappa shape index (κ2) is 14.8. The van der Waals surface area contributed by atoms with E-state index in [0.29, 0.717) is 6.42 Å². The SMILES string of the molecule is CC(NC(CCc1ccccc1)C(=O)O)C(=O)N1Cc2ccccc2CC1C(=O)OCCOCCO[N+](=O)[O-]. The van der Waals surface area contributed by atoms with Gasteiger partial charge in [-0.3, -0.25) is 14.9 Å². The predicted molar refractivity (Wildman–Crippen MR) is 138 cm³/mol. The summed E-state index contributed by atoms with van der Waals surface area (Å²) in [5.41, 5.74) is 2.81. The van der Waals surface area contributed by atoms with E-state index in [4.69, 9.17) is 9.47 Å². The van der Waals surface area contributed by atoms with Crippen LogP contribution in [0.1, 0.15) is 30.0 Å². The van der Waals surface area contributed by atoms with Crippen LogP contribution in [0.4, 0.5) is 0 Å². The Balaban J connectivity index is 1.62. The second-order valence-corrected chi connectivity index (χ2v) is 9.09. The summed E-state index contributed by atoms with van der Waals surface area (Å²) in [5, 5.41) is 21.9. The number of hydrogen-bond donors (Lipinski definition) is 2. The topological polar surface area (TPSA) is 158 Å². The highest BCUT2D eigenvalue weighted by atomic mass is 17.0. The van der Waals surface area contributed by atoms with Crippen molar-refractivity contribution in [3.05, 3.63) is 81.4 Å². The summed E-state index contributed by atoms with van der Waals surface area (Å²) in [7, 11) is 0. The van der Waals surface area contributed by atoms with E-state index in [1.54, 1.807) is 6.92 Å². The summed E-state index contributed by atoms with van der Waals surface area (Å²) >= 11 is 0. The van der Waals surface area contributed by atoms with E-state index in [2.05, 4.69) is 10.2 Å². The fraction of sp³-hybridized carbons (Fsp3) is 0.444. The Morgan fingerprint density at radius 3 is 2.41 bits per heavy atom. The van der Waals surface area contributed by atoms with Crippen LogP contribution in [0.15, 0.2) is 54.6 Å². The Morgan fingerprint density at radius 1 is 1.05 bits per heavy atom. The molecular weight excluding hydrogens is 510 g/mol. The number of amides is 1. The molecule has 0 saturated carbocycles. The molecule has 0 fully saturated rings. The summed E-state index contributed by atoms with van der Waals surface area (Å²) in [5.74, 6) is -2.09. The minimum Gasteiger partial charge on any atom is -0.480 e. The number of hydrogen-bond acceptors (Lipinski definition) is 9. The molecule has 12 heteroatoms. The maximum Gasteiger partial charge on any atom is 0.329 e. The molecule has 210 valence electrons. The fourth-order valence-electron chi connectivity index (χ4n) is 4.39. The minimum absolute atomic E-state index is 0.00370. The summed E-state index contributed by atoms with van der Waals surface area (Å²) in [6, 6.07) is 14.2. The van der Waals surface area contributed by atoms with Gasteiger partial charge in [0.05, 0.1) is 19.3 Å². The third kappa shape index (κ3) is 9.04. The molecule has 2 N–H and O–H groups in total. The van der Waals surface area contributed by atoms with E-state index in [1.165, 1.54) is 4.90 Å². The molecule has 0 saturated heterocycles. The van der Waals surface area contributed by atoms with Crippen LogP contribution in [0.25, 0.3) is 0 Å². The molecule has 1 aliphatic heterocycles.